The molecule has 0 saturated carbocycles. The van der Waals surface area contributed by atoms with Gasteiger partial charge in [0.2, 0.25) is 0 Å². The minimum atomic E-state index is -1.15. The second kappa shape index (κ2) is 6.28. The van der Waals surface area contributed by atoms with Crippen molar-refractivity contribution in [3.63, 3.8) is 0 Å². The van der Waals surface area contributed by atoms with Gasteiger partial charge in [0.15, 0.2) is 0 Å². The number of carboxylic acids is 1. The zero-order valence-electron chi connectivity index (χ0n) is 12.8. The van der Waals surface area contributed by atoms with Crippen LogP contribution in [0.15, 0.2) is 28.7 Å². The number of aliphatic carboxylic acids is 1. The van der Waals surface area contributed by atoms with Crippen LogP contribution in [0.25, 0.3) is 0 Å². The molecule has 2 atom stereocenters. The van der Waals surface area contributed by atoms with Gasteiger partial charge >= 0.3 is 6.09 Å². The highest BCUT2D eigenvalue weighted by Crippen LogP contribution is 2.36. The van der Waals surface area contributed by atoms with E-state index < -0.39 is 23.6 Å². The third-order valence-corrected chi connectivity index (χ3v) is 4.30. The van der Waals surface area contributed by atoms with E-state index in [0.29, 0.717) is 6.54 Å². The SMILES string of the molecule is CC(C)(C)OC(=O)N1C[C@H](C(=O)[O-])[C@@H](c2ccccc2Br)C1. The normalized spacial score (nSPS) is 21.7. The number of carboxylic acid groups (broad SMARTS) is 1. The van der Waals surface area contributed by atoms with Gasteiger partial charge in [0.1, 0.15) is 5.60 Å². The highest BCUT2D eigenvalue weighted by molar-refractivity contribution is 9.10. The Morgan fingerprint density at radius 1 is 1.27 bits per heavy atom. The Labute approximate surface area is 138 Å². The minimum absolute atomic E-state index is 0.100. The standard InChI is InChI=1S/C16H20BrNO4/c1-16(2,3)22-15(21)18-8-11(12(9-18)14(19)20)10-6-4-5-7-13(10)17/h4-7,11-12H,8-9H2,1-3H3,(H,19,20)/p-1/t11-,12+/m1/s1. The number of carbonyl (C=O) groups is 2. The Hall–Kier alpha value is -1.56. The van der Waals surface area contributed by atoms with Crippen molar-refractivity contribution in [3.05, 3.63) is 34.3 Å². The Morgan fingerprint density at radius 3 is 2.45 bits per heavy atom. The van der Waals surface area contributed by atoms with Crippen molar-refractivity contribution < 1.29 is 19.4 Å². The number of hydrogen-bond donors (Lipinski definition) is 0. The second-order valence-corrected chi connectivity index (χ2v) is 7.29. The second-order valence-electron chi connectivity index (χ2n) is 6.44. The molecule has 1 saturated heterocycles. The van der Waals surface area contributed by atoms with E-state index in [1.807, 2.05) is 24.3 Å². The molecule has 0 radical (unpaired) electrons. The lowest BCUT2D eigenvalue weighted by atomic mass is 9.89. The lowest BCUT2D eigenvalue weighted by Crippen LogP contribution is -2.38. The molecule has 2 rings (SSSR count). The van der Waals surface area contributed by atoms with E-state index in [0.717, 1.165) is 10.0 Å². The maximum Gasteiger partial charge on any atom is 0.410 e. The van der Waals surface area contributed by atoms with Gasteiger partial charge < -0.3 is 19.5 Å². The molecule has 0 bridgehead atoms. The number of halogens is 1. The lowest BCUT2D eigenvalue weighted by molar-refractivity contribution is -0.311. The van der Waals surface area contributed by atoms with Crippen molar-refractivity contribution in [2.45, 2.75) is 32.3 Å². The molecule has 6 heteroatoms. The Morgan fingerprint density at radius 2 is 1.91 bits per heavy atom. The van der Waals surface area contributed by atoms with Crippen molar-refractivity contribution in [2.75, 3.05) is 13.1 Å². The number of rotatable bonds is 2. The number of amides is 1. The molecule has 1 aliphatic heterocycles. The quantitative estimate of drug-likeness (QED) is 0.801. The number of ether oxygens (including phenoxy) is 1. The van der Waals surface area contributed by atoms with Gasteiger partial charge in [-0.2, -0.15) is 0 Å². The van der Waals surface area contributed by atoms with Gasteiger partial charge in [-0.15, -0.1) is 0 Å². The molecule has 0 spiro atoms. The largest absolute Gasteiger partial charge is 0.550 e. The molecule has 0 unspecified atom stereocenters. The number of likely N-dealkylation sites (tertiary alicyclic amines) is 1. The highest BCUT2D eigenvalue weighted by Gasteiger charge is 2.39. The van der Waals surface area contributed by atoms with E-state index in [4.69, 9.17) is 4.74 Å². The van der Waals surface area contributed by atoms with E-state index in [1.54, 1.807) is 20.8 Å². The van der Waals surface area contributed by atoms with Gasteiger partial charge in [0, 0.05) is 35.4 Å². The first-order valence-corrected chi connectivity index (χ1v) is 7.91. The highest BCUT2D eigenvalue weighted by atomic mass is 79.9. The van der Waals surface area contributed by atoms with Gasteiger partial charge in [-0.25, -0.2) is 4.79 Å². The molecule has 0 N–H and O–H groups in total. The average Bonchev–Trinajstić information content (AvgIpc) is 2.82. The molecule has 5 nitrogen and oxygen atoms in total. The fraction of sp³-hybridized carbons (Fsp3) is 0.500. The molecular formula is C16H19BrNO4-. The Balaban J connectivity index is 2.22. The van der Waals surface area contributed by atoms with Crippen LogP contribution in [-0.2, 0) is 9.53 Å². The summed E-state index contributed by atoms with van der Waals surface area (Å²) in [6, 6.07) is 7.44. The summed E-state index contributed by atoms with van der Waals surface area (Å²) in [5.74, 6) is -2.20. The fourth-order valence-corrected chi connectivity index (χ4v) is 3.19. The molecule has 1 heterocycles. The average molecular weight is 369 g/mol. The third-order valence-electron chi connectivity index (χ3n) is 3.58. The number of benzene rings is 1. The summed E-state index contributed by atoms with van der Waals surface area (Å²) in [6.45, 7) is 5.74. The maximum atomic E-state index is 12.2. The summed E-state index contributed by atoms with van der Waals surface area (Å²) in [7, 11) is 0. The molecular weight excluding hydrogens is 350 g/mol. The van der Waals surface area contributed by atoms with Crippen LogP contribution in [0.2, 0.25) is 0 Å². The van der Waals surface area contributed by atoms with E-state index >= 15 is 0 Å². The van der Waals surface area contributed by atoms with E-state index in [1.165, 1.54) is 4.90 Å². The van der Waals surface area contributed by atoms with Crippen LogP contribution >= 0.6 is 15.9 Å². The first-order chi connectivity index (χ1) is 10.2. The minimum Gasteiger partial charge on any atom is -0.550 e. The molecule has 1 fully saturated rings. The molecule has 1 amide bonds. The summed E-state index contributed by atoms with van der Waals surface area (Å²) in [5.41, 5.74) is 0.252. The van der Waals surface area contributed by atoms with E-state index in [-0.39, 0.29) is 12.5 Å². The predicted octanol–water partition coefficient (Wildman–Crippen LogP) is 2.15. The molecule has 0 aromatic heterocycles. The maximum absolute atomic E-state index is 12.2. The molecule has 22 heavy (non-hydrogen) atoms. The summed E-state index contributed by atoms with van der Waals surface area (Å²) < 4.78 is 6.16. The van der Waals surface area contributed by atoms with Gasteiger partial charge in [0.05, 0.1) is 0 Å². The Kier molecular flexibility index (Phi) is 4.80. The van der Waals surface area contributed by atoms with Gasteiger partial charge in [-0.3, -0.25) is 0 Å². The lowest BCUT2D eigenvalue weighted by Gasteiger charge is -2.24. The molecule has 1 aliphatic rings. The van der Waals surface area contributed by atoms with Crippen molar-refractivity contribution in [1.29, 1.82) is 0 Å². The summed E-state index contributed by atoms with van der Waals surface area (Å²) in [4.78, 5) is 25.1. The van der Waals surface area contributed by atoms with Gasteiger partial charge in [0.25, 0.3) is 0 Å². The summed E-state index contributed by atoms with van der Waals surface area (Å²) in [5, 5.41) is 11.4. The number of nitrogens with zero attached hydrogens (tertiary/aromatic N) is 1. The van der Waals surface area contributed by atoms with Crippen molar-refractivity contribution in [2.24, 2.45) is 5.92 Å². The van der Waals surface area contributed by atoms with Crippen molar-refractivity contribution >= 4 is 28.0 Å². The molecule has 0 aliphatic carbocycles. The van der Waals surface area contributed by atoms with Crippen LogP contribution in [0.4, 0.5) is 4.79 Å². The zero-order chi connectivity index (χ0) is 16.5. The fourth-order valence-electron chi connectivity index (χ4n) is 2.61. The summed E-state index contributed by atoms with van der Waals surface area (Å²) in [6.07, 6.45) is -0.492. The summed E-state index contributed by atoms with van der Waals surface area (Å²) >= 11 is 3.44. The monoisotopic (exact) mass is 368 g/mol. The first-order valence-electron chi connectivity index (χ1n) is 7.12. The van der Waals surface area contributed by atoms with Crippen molar-refractivity contribution in [3.8, 4) is 0 Å². The zero-order valence-corrected chi connectivity index (χ0v) is 14.4. The number of carbonyl (C=O) groups excluding carboxylic acids is 2. The third kappa shape index (κ3) is 3.80. The van der Waals surface area contributed by atoms with Gasteiger partial charge in [-0.1, -0.05) is 34.1 Å². The van der Waals surface area contributed by atoms with Crippen LogP contribution in [0, 0.1) is 5.92 Å². The molecule has 1 aromatic rings. The van der Waals surface area contributed by atoms with Crippen LogP contribution in [0.3, 0.4) is 0 Å². The Bertz CT molecular complexity index is 582. The van der Waals surface area contributed by atoms with Crippen LogP contribution < -0.4 is 5.11 Å². The van der Waals surface area contributed by atoms with Crippen molar-refractivity contribution in [1.82, 2.24) is 4.90 Å². The first kappa shape index (κ1) is 16.8. The van der Waals surface area contributed by atoms with E-state index in [9.17, 15) is 14.7 Å². The van der Waals surface area contributed by atoms with Crippen LogP contribution in [-0.4, -0.2) is 35.7 Å². The molecule has 1 aromatic carbocycles. The molecule has 120 valence electrons. The smallest absolute Gasteiger partial charge is 0.410 e. The predicted molar refractivity (Wildman–Crippen MR) is 83.2 cm³/mol. The van der Waals surface area contributed by atoms with Gasteiger partial charge in [-0.05, 0) is 32.4 Å². The van der Waals surface area contributed by atoms with E-state index in [2.05, 4.69) is 15.9 Å². The van der Waals surface area contributed by atoms with Crippen LogP contribution in [0.5, 0.6) is 0 Å². The van der Waals surface area contributed by atoms with Crippen LogP contribution in [0.1, 0.15) is 32.3 Å². The topological polar surface area (TPSA) is 69.7 Å². The number of hydrogen-bond acceptors (Lipinski definition) is 4.